The van der Waals surface area contributed by atoms with Crippen molar-refractivity contribution in [3.8, 4) is 0 Å². The zero-order valence-electron chi connectivity index (χ0n) is 15.3. The van der Waals surface area contributed by atoms with Crippen molar-refractivity contribution < 1.29 is 13.6 Å². The third kappa shape index (κ3) is 3.43. The van der Waals surface area contributed by atoms with E-state index >= 15 is 0 Å². The van der Waals surface area contributed by atoms with Gasteiger partial charge in [0.05, 0.1) is 17.1 Å². The first-order valence-electron chi connectivity index (χ1n) is 9.04. The monoisotopic (exact) mass is 376 g/mol. The Morgan fingerprint density at radius 3 is 2.36 bits per heavy atom. The molecule has 28 heavy (non-hydrogen) atoms. The Kier molecular flexibility index (Phi) is 4.74. The molecule has 0 bridgehead atoms. The SMILES string of the molecule is C[C@@H]1CC(=Nc2ccccc2)c2cc(F)ccc2N1C(=O)c1ccc(F)cc1. The van der Waals surface area contributed by atoms with Crippen LogP contribution >= 0.6 is 0 Å². The van der Waals surface area contributed by atoms with Crippen LogP contribution in [0, 0.1) is 11.6 Å². The van der Waals surface area contributed by atoms with Crippen LogP contribution in [0.3, 0.4) is 0 Å². The molecule has 0 N–H and O–H groups in total. The third-order valence-electron chi connectivity index (χ3n) is 4.79. The molecule has 4 rings (SSSR count). The molecule has 0 unspecified atom stereocenters. The van der Waals surface area contributed by atoms with E-state index in [9.17, 15) is 13.6 Å². The van der Waals surface area contributed by atoms with Crippen LogP contribution in [-0.4, -0.2) is 17.7 Å². The minimum atomic E-state index is -0.400. The van der Waals surface area contributed by atoms with Crippen molar-refractivity contribution in [1.82, 2.24) is 0 Å². The lowest BCUT2D eigenvalue weighted by Gasteiger charge is -2.36. The molecule has 3 aromatic rings. The second-order valence-corrected chi connectivity index (χ2v) is 6.79. The van der Waals surface area contributed by atoms with Crippen molar-refractivity contribution >= 4 is 23.0 Å². The Bertz CT molecular complexity index is 1050. The van der Waals surface area contributed by atoms with E-state index in [0.29, 0.717) is 23.2 Å². The fourth-order valence-electron chi connectivity index (χ4n) is 3.47. The van der Waals surface area contributed by atoms with E-state index in [0.717, 1.165) is 11.4 Å². The molecule has 3 nitrogen and oxygen atoms in total. The quantitative estimate of drug-likeness (QED) is 0.579. The topological polar surface area (TPSA) is 32.7 Å². The minimum Gasteiger partial charge on any atom is -0.305 e. The molecular weight excluding hydrogens is 358 g/mol. The number of halogens is 2. The fraction of sp³-hybridized carbons (Fsp3) is 0.130. The second-order valence-electron chi connectivity index (χ2n) is 6.79. The lowest BCUT2D eigenvalue weighted by Crippen LogP contribution is -2.44. The molecule has 0 aliphatic carbocycles. The van der Waals surface area contributed by atoms with Gasteiger partial charge < -0.3 is 4.90 Å². The maximum absolute atomic E-state index is 14.0. The van der Waals surface area contributed by atoms with Gasteiger partial charge in [0.25, 0.3) is 5.91 Å². The van der Waals surface area contributed by atoms with Gasteiger partial charge in [-0.15, -0.1) is 0 Å². The van der Waals surface area contributed by atoms with Gasteiger partial charge in [0.15, 0.2) is 0 Å². The highest BCUT2D eigenvalue weighted by molar-refractivity contribution is 6.15. The molecule has 0 aromatic heterocycles. The number of anilines is 1. The maximum atomic E-state index is 14.0. The number of hydrogen-bond acceptors (Lipinski definition) is 2. The zero-order valence-corrected chi connectivity index (χ0v) is 15.3. The van der Waals surface area contributed by atoms with Gasteiger partial charge in [-0.25, -0.2) is 8.78 Å². The number of amides is 1. The van der Waals surface area contributed by atoms with Gasteiger partial charge in [-0.2, -0.15) is 0 Å². The summed E-state index contributed by atoms with van der Waals surface area (Å²) in [5.41, 5.74) is 3.09. The smallest absolute Gasteiger partial charge is 0.258 e. The lowest BCUT2D eigenvalue weighted by atomic mass is 9.93. The maximum Gasteiger partial charge on any atom is 0.258 e. The van der Waals surface area contributed by atoms with E-state index < -0.39 is 5.82 Å². The van der Waals surface area contributed by atoms with Crippen molar-refractivity contribution in [3.05, 3.63) is 95.6 Å². The van der Waals surface area contributed by atoms with Crippen LogP contribution in [0.4, 0.5) is 20.2 Å². The number of carbonyl (C=O) groups is 1. The first-order valence-corrected chi connectivity index (χ1v) is 9.04. The van der Waals surface area contributed by atoms with E-state index in [2.05, 4.69) is 0 Å². The average molecular weight is 376 g/mol. The van der Waals surface area contributed by atoms with E-state index in [-0.39, 0.29) is 17.8 Å². The molecule has 3 aromatic carbocycles. The highest BCUT2D eigenvalue weighted by atomic mass is 19.1. The van der Waals surface area contributed by atoms with E-state index in [1.54, 1.807) is 11.0 Å². The van der Waals surface area contributed by atoms with Crippen LogP contribution in [0.15, 0.2) is 77.8 Å². The Morgan fingerprint density at radius 1 is 0.964 bits per heavy atom. The summed E-state index contributed by atoms with van der Waals surface area (Å²) in [4.78, 5) is 19.4. The summed E-state index contributed by atoms with van der Waals surface area (Å²) in [6.07, 6.45) is 0.484. The molecule has 5 heteroatoms. The molecule has 0 saturated carbocycles. The van der Waals surface area contributed by atoms with E-state index in [1.165, 1.54) is 36.4 Å². The summed E-state index contributed by atoms with van der Waals surface area (Å²) in [5.74, 6) is -1.04. The Labute approximate surface area is 162 Å². The van der Waals surface area contributed by atoms with Gasteiger partial charge in [-0.05, 0) is 61.5 Å². The van der Waals surface area contributed by atoms with Crippen LogP contribution in [0.5, 0.6) is 0 Å². The average Bonchev–Trinajstić information content (AvgIpc) is 2.69. The van der Waals surface area contributed by atoms with Crippen molar-refractivity contribution in [2.45, 2.75) is 19.4 Å². The minimum absolute atomic E-state index is 0.182. The molecule has 0 fully saturated rings. The van der Waals surface area contributed by atoms with Gasteiger partial charge in [0.2, 0.25) is 0 Å². The van der Waals surface area contributed by atoms with Crippen molar-refractivity contribution in [1.29, 1.82) is 0 Å². The van der Waals surface area contributed by atoms with E-state index in [1.807, 2.05) is 37.3 Å². The molecule has 1 atom stereocenters. The van der Waals surface area contributed by atoms with Gasteiger partial charge in [0.1, 0.15) is 11.6 Å². The van der Waals surface area contributed by atoms with Crippen LogP contribution in [0.1, 0.15) is 29.3 Å². The van der Waals surface area contributed by atoms with Gasteiger partial charge in [-0.1, -0.05) is 18.2 Å². The summed E-state index contributed by atoms with van der Waals surface area (Å²) >= 11 is 0. The number of benzene rings is 3. The van der Waals surface area contributed by atoms with Crippen LogP contribution in [-0.2, 0) is 0 Å². The molecule has 0 radical (unpaired) electrons. The van der Waals surface area contributed by atoms with Crippen LogP contribution < -0.4 is 4.90 Å². The van der Waals surface area contributed by atoms with Gasteiger partial charge in [-0.3, -0.25) is 9.79 Å². The van der Waals surface area contributed by atoms with Crippen molar-refractivity contribution in [2.24, 2.45) is 4.99 Å². The summed E-state index contributed by atoms with van der Waals surface area (Å²) in [7, 11) is 0. The van der Waals surface area contributed by atoms with Crippen molar-refractivity contribution in [2.75, 3.05) is 4.90 Å². The second kappa shape index (κ2) is 7.35. The normalized spacial score (nSPS) is 17.5. The highest BCUT2D eigenvalue weighted by Gasteiger charge is 2.32. The highest BCUT2D eigenvalue weighted by Crippen LogP contribution is 2.34. The summed E-state index contributed by atoms with van der Waals surface area (Å²) in [6.45, 7) is 1.92. The predicted octanol–water partition coefficient (Wildman–Crippen LogP) is 5.52. The summed E-state index contributed by atoms with van der Waals surface area (Å²) in [6, 6.07) is 19.1. The van der Waals surface area contributed by atoms with E-state index in [4.69, 9.17) is 4.99 Å². The number of aliphatic imine (C=N–C) groups is 1. The third-order valence-corrected chi connectivity index (χ3v) is 4.79. The number of hydrogen-bond donors (Lipinski definition) is 0. The molecule has 1 aliphatic heterocycles. The standard InChI is InChI=1S/C23H18F2N2O/c1-15-13-21(26-19-5-3-2-4-6-19)20-14-18(25)11-12-22(20)27(15)23(28)16-7-9-17(24)10-8-16/h2-12,14-15H,13H2,1H3/t15-/m1/s1. The lowest BCUT2D eigenvalue weighted by molar-refractivity contribution is 0.0978. The summed E-state index contributed by atoms with van der Waals surface area (Å²) < 4.78 is 27.2. The molecular formula is C23H18F2N2O. The van der Waals surface area contributed by atoms with Crippen LogP contribution in [0.2, 0.25) is 0 Å². The summed E-state index contributed by atoms with van der Waals surface area (Å²) in [5, 5.41) is 0. The Morgan fingerprint density at radius 2 is 1.64 bits per heavy atom. The number of para-hydroxylation sites is 1. The predicted molar refractivity (Wildman–Crippen MR) is 106 cm³/mol. The first-order chi connectivity index (χ1) is 13.5. The Balaban J connectivity index is 1.79. The largest absolute Gasteiger partial charge is 0.305 e. The number of nitrogens with zero attached hydrogens (tertiary/aromatic N) is 2. The molecule has 1 heterocycles. The molecule has 140 valence electrons. The number of rotatable bonds is 2. The number of fused-ring (bicyclic) bond motifs is 1. The van der Waals surface area contributed by atoms with Crippen molar-refractivity contribution in [3.63, 3.8) is 0 Å². The fourth-order valence-corrected chi connectivity index (χ4v) is 3.47. The molecule has 1 amide bonds. The van der Waals surface area contributed by atoms with Gasteiger partial charge in [0, 0.05) is 23.6 Å². The van der Waals surface area contributed by atoms with Gasteiger partial charge >= 0.3 is 0 Å². The Hall–Kier alpha value is -3.34. The molecule has 0 saturated heterocycles. The van der Waals surface area contributed by atoms with Crippen LogP contribution in [0.25, 0.3) is 0 Å². The number of carbonyl (C=O) groups excluding carboxylic acids is 1. The zero-order chi connectivity index (χ0) is 19.7. The molecule has 0 spiro atoms. The first kappa shape index (κ1) is 18.0. The molecule has 1 aliphatic rings.